The van der Waals surface area contributed by atoms with Crippen LogP contribution in [0.15, 0.2) is 24.3 Å². The number of amides is 1. The number of benzene rings is 2. The zero-order valence-corrected chi connectivity index (χ0v) is 24.2. The minimum atomic E-state index is -1.11. The van der Waals surface area contributed by atoms with E-state index in [9.17, 15) is 24.6 Å². The van der Waals surface area contributed by atoms with Crippen LogP contribution in [-0.2, 0) is 16.8 Å². The largest absolute Gasteiger partial charge is 0.493 e. The molecule has 1 unspecified atom stereocenters. The second kappa shape index (κ2) is 11.8. The van der Waals surface area contributed by atoms with Gasteiger partial charge in [0.05, 0.1) is 30.5 Å². The van der Waals surface area contributed by atoms with Crippen molar-refractivity contribution in [2.24, 2.45) is 0 Å². The number of amidine groups is 1. The van der Waals surface area contributed by atoms with Crippen molar-refractivity contribution in [1.29, 1.82) is 5.41 Å². The van der Waals surface area contributed by atoms with E-state index >= 15 is 0 Å². The van der Waals surface area contributed by atoms with Crippen molar-refractivity contribution in [3.63, 3.8) is 0 Å². The van der Waals surface area contributed by atoms with Crippen molar-refractivity contribution in [2.45, 2.75) is 52.2 Å². The lowest BCUT2D eigenvalue weighted by atomic mass is 9.84. The number of rotatable bonds is 10. The Bertz CT molecular complexity index is 1380. The Morgan fingerprint density at radius 2 is 1.88 bits per heavy atom. The summed E-state index contributed by atoms with van der Waals surface area (Å²) >= 11 is 0. The third kappa shape index (κ3) is 6.30. The maximum Gasteiger partial charge on any atom is 0.341 e. The molecule has 0 aromatic heterocycles. The van der Waals surface area contributed by atoms with Gasteiger partial charge in [0.25, 0.3) is 5.91 Å². The van der Waals surface area contributed by atoms with Gasteiger partial charge in [0.1, 0.15) is 17.3 Å². The highest BCUT2D eigenvalue weighted by atomic mass is 16.5. The number of nitrogens with one attached hydrogen (secondary N) is 2. The Morgan fingerprint density at radius 3 is 2.46 bits per heavy atom. The number of aliphatic hydroxyl groups is 1. The molecule has 4 rings (SSSR count). The number of hydrogen-bond acceptors (Lipinski definition) is 8. The molecule has 1 amide bonds. The third-order valence-electron chi connectivity index (χ3n) is 7.29. The molecule has 2 aliphatic heterocycles. The van der Waals surface area contributed by atoms with Gasteiger partial charge in [0, 0.05) is 43.4 Å². The number of ketones is 1. The van der Waals surface area contributed by atoms with Crippen molar-refractivity contribution in [1.82, 2.24) is 10.2 Å². The quantitative estimate of drug-likeness (QED) is 0.318. The number of aliphatic hydroxyl groups excluding tert-OH is 1. The normalized spacial score (nSPS) is 16.5. The van der Waals surface area contributed by atoms with Gasteiger partial charge in [-0.3, -0.25) is 15.0 Å². The predicted molar refractivity (Wildman–Crippen MR) is 154 cm³/mol. The molecule has 220 valence electrons. The number of nitrogens with zero attached hydrogens (tertiary/aromatic N) is 2. The van der Waals surface area contributed by atoms with E-state index in [1.807, 2.05) is 32.6 Å². The summed E-state index contributed by atoms with van der Waals surface area (Å²) in [7, 11) is 1.53. The van der Waals surface area contributed by atoms with Gasteiger partial charge in [-0.2, -0.15) is 0 Å². The smallest absolute Gasteiger partial charge is 0.341 e. The molecule has 0 spiro atoms. The molecule has 1 saturated heterocycles. The number of carboxylic acid groups (broad SMARTS) is 1. The number of carbonyl (C=O) groups is 3. The molecule has 41 heavy (non-hydrogen) atoms. The molecule has 2 aromatic carbocycles. The molecule has 2 heterocycles. The molecule has 2 aromatic rings. The number of fused-ring (bicyclic) bond motifs is 1. The first-order valence-corrected chi connectivity index (χ1v) is 13.7. The molecule has 0 aliphatic carbocycles. The number of β-amino-alcohol motifs (C(OH)–C–C–N with tert-alkyl or cyclic N) is 1. The number of Topliss-reactive ketones (excluding diaryl/α,β-unsaturated/α-hetero) is 1. The van der Waals surface area contributed by atoms with Crippen LogP contribution in [0.3, 0.4) is 0 Å². The fraction of sp³-hybridized carbons (Fsp3) is 0.467. The monoisotopic (exact) mass is 566 g/mol. The average molecular weight is 567 g/mol. The standard InChI is InChI=1S/C30H38N4O7/c1-6-40-25-11-18-13-34(28(31)20(18)12-21(25)29(39)32-5)15-24(36)17-9-22(30(2,3)4)27(41-16-26(37)38)23(10-17)33-8-7-19(35)14-33/h9-12,19,31,35H,6-8,13-16H2,1-5H3,(H,32,39)(H,37,38). The Labute approximate surface area is 239 Å². The van der Waals surface area contributed by atoms with Crippen molar-refractivity contribution < 1.29 is 34.1 Å². The van der Waals surface area contributed by atoms with E-state index < -0.39 is 24.1 Å². The molecule has 11 heteroatoms. The summed E-state index contributed by atoms with van der Waals surface area (Å²) in [6, 6.07) is 6.82. The molecule has 4 N–H and O–H groups in total. The van der Waals surface area contributed by atoms with E-state index in [-0.39, 0.29) is 24.1 Å². The average Bonchev–Trinajstić information content (AvgIpc) is 3.48. The zero-order chi connectivity index (χ0) is 30.1. The second-order valence-electron chi connectivity index (χ2n) is 11.3. The maximum absolute atomic E-state index is 13.7. The fourth-order valence-electron chi connectivity index (χ4n) is 5.23. The molecular weight excluding hydrogens is 528 g/mol. The third-order valence-corrected chi connectivity index (χ3v) is 7.29. The van der Waals surface area contributed by atoms with E-state index in [0.717, 1.165) is 5.56 Å². The van der Waals surface area contributed by atoms with Crippen molar-refractivity contribution >= 4 is 29.2 Å². The Kier molecular flexibility index (Phi) is 8.58. The van der Waals surface area contributed by atoms with Crippen LogP contribution >= 0.6 is 0 Å². The highest BCUT2D eigenvalue weighted by Gasteiger charge is 2.32. The van der Waals surface area contributed by atoms with Crippen molar-refractivity contribution in [2.75, 3.05) is 44.8 Å². The highest BCUT2D eigenvalue weighted by Crippen LogP contribution is 2.42. The van der Waals surface area contributed by atoms with Crippen LogP contribution in [0, 0.1) is 5.41 Å². The van der Waals surface area contributed by atoms with Crippen molar-refractivity contribution in [3.8, 4) is 11.5 Å². The minimum Gasteiger partial charge on any atom is -0.493 e. The van der Waals surface area contributed by atoms with E-state index in [1.165, 1.54) is 7.05 Å². The first kappa shape index (κ1) is 29.9. The molecule has 1 fully saturated rings. The highest BCUT2D eigenvalue weighted by molar-refractivity contribution is 6.08. The number of aliphatic carboxylic acids is 1. The molecule has 1 atom stereocenters. The van der Waals surface area contributed by atoms with Gasteiger partial charge in [0.2, 0.25) is 0 Å². The van der Waals surface area contributed by atoms with Crippen LogP contribution < -0.4 is 19.7 Å². The number of carbonyl (C=O) groups excluding carboxylic acids is 2. The molecular formula is C30H38N4O7. The topological polar surface area (TPSA) is 152 Å². The van der Waals surface area contributed by atoms with Crippen molar-refractivity contribution in [3.05, 3.63) is 52.1 Å². The number of ether oxygens (including phenoxy) is 2. The Hall–Kier alpha value is -4.12. The van der Waals surface area contributed by atoms with Crippen LogP contribution in [0.25, 0.3) is 0 Å². The minimum absolute atomic E-state index is 0.0756. The van der Waals surface area contributed by atoms with E-state index in [0.29, 0.717) is 72.1 Å². The summed E-state index contributed by atoms with van der Waals surface area (Å²) in [5.41, 5.74) is 2.85. The van der Waals surface area contributed by atoms with Gasteiger partial charge in [-0.15, -0.1) is 0 Å². The van der Waals surface area contributed by atoms with Gasteiger partial charge in [-0.1, -0.05) is 20.8 Å². The zero-order valence-electron chi connectivity index (χ0n) is 24.2. The number of hydrogen-bond donors (Lipinski definition) is 4. The summed E-state index contributed by atoms with van der Waals surface area (Å²) < 4.78 is 11.5. The molecule has 0 radical (unpaired) electrons. The van der Waals surface area contributed by atoms with E-state index in [1.54, 1.807) is 29.2 Å². The van der Waals surface area contributed by atoms with Gasteiger partial charge >= 0.3 is 5.97 Å². The predicted octanol–water partition coefficient (Wildman–Crippen LogP) is 2.80. The number of carboxylic acids is 1. The Balaban J connectivity index is 1.68. The summed E-state index contributed by atoms with van der Waals surface area (Å²) in [5.74, 6) is -0.709. The van der Waals surface area contributed by atoms with Gasteiger partial charge in [-0.25, -0.2) is 4.79 Å². The van der Waals surface area contributed by atoms with Crippen LogP contribution in [0.4, 0.5) is 5.69 Å². The van der Waals surface area contributed by atoms with Gasteiger partial charge < -0.3 is 34.8 Å². The number of anilines is 1. The van der Waals surface area contributed by atoms with Crippen LogP contribution in [0.5, 0.6) is 11.5 Å². The summed E-state index contributed by atoms with van der Waals surface area (Å²) in [4.78, 5) is 41.1. The SMILES string of the molecule is CCOc1cc2c(cc1C(=O)NC)C(=N)N(CC(=O)c1cc(N3CCC(O)C3)c(OCC(=O)O)c(C(C)(C)C)c1)C2. The molecule has 2 aliphatic rings. The van der Waals surface area contributed by atoms with E-state index in [2.05, 4.69) is 5.32 Å². The summed E-state index contributed by atoms with van der Waals surface area (Å²) in [5, 5.41) is 30.9. The van der Waals surface area contributed by atoms with Crippen LogP contribution in [-0.4, -0.2) is 84.6 Å². The Morgan fingerprint density at radius 1 is 1.15 bits per heavy atom. The van der Waals surface area contributed by atoms with Gasteiger partial charge in [-0.05, 0) is 48.6 Å². The molecule has 0 bridgehead atoms. The summed E-state index contributed by atoms with van der Waals surface area (Å²) in [6.45, 7) is 8.65. The molecule has 0 saturated carbocycles. The molecule has 11 nitrogen and oxygen atoms in total. The maximum atomic E-state index is 13.7. The second-order valence-corrected chi connectivity index (χ2v) is 11.3. The lowest BCUT2D eigenvalue weighted by Crippen LogP contribution is -2.31. The first-order valence-electron chi connectivity index (χ1n) is 13.7. The lowest BCUT2D eigenvalue weighted by molar-refractivity contribution is -0.139. The lowest BCUT2D eigenvalue weighted by Gasteiger charge is -2.29. The fourth-order valence-corrected chi connectivity index (χ4v) is 5.23. The van der Waals surface area contributed by atoms with E-state index in [4.69, 9.17) is 14.9 Å². The van der Waals surface area contributed by atoms with Crippen LogP contribution in [0.1, 0.15) is 71.5 Å². The summed E-state index contributed by atoms with van der Waals surface area (Å²) in [6.07, 6.45) is 0.0106. The van der Waals surface area contributed by atoms with Gasteiger partial charge in [0.15, 0.2) is 12.4 Å². The first-order chi connectivity index (χ1) is 19.3. The van der Waals surface area contributed by atoms with Crippen LogP contribution in [0.2, 0.25) is 0 Å².